The number of hydrogen-bond donors (Lipinski definition) is 0. The Morgan fingerprint density at radius 3 is 2.45 bits per heavy atom. The molecule has 0 aromatic rings. The first kappa shape index (κ1) is 14.3. The van der Waals surface area contributed by atoms with Crippen molar-refractivity contribution in [2.45, 2.75) is 0 Å². The minimum atomic E-state index is -2.55. The second kappa shape index (κ2) is 7.46. The second-order valence-corrected chi connectivity index (χ2v) is 4.79. The van der Waals surface area contributed by atoms with Crippen molar-refractivity contribution < 1.29 is 39.4 Å². The fourth-order valence-corrected chi connectivity index (χ4v) is 1.49. The van der Waals surface area contributed by atoms with Crippen molar-refractivity contribution in [2.24, 2.45) is 0 Å². The Bertz CT molecular complexity index is 214. The Labute approximate surface area is 96.4 Å². The van der Waals surface area contributed by atoms with Crippen LogP contribution in [0.4, 0.5) is 0 Å². The summed E-state index contributed by atoms with van der Waals surface area (Å²) in [6, 6.07) is 0. The molecule has 1 atom stereocenters. The van der Waals surface area contributed by atoms with Crippen LogP contribution in [0.3, 0.4) is 0 Å². The van der Waals surface area contributed by atoms with Gasteiger partial charge in [0.2, 0.25) is 0 Å². The van der Waals surface area contributed by atoms with E-state index in [4.69, 9.17) is 4.18 Å². The normalized spacial score (nSPS) is 14.2. The van der Waals surface area contributed by atoms with Crippen molar-refractivity contribution in [2.75, 3.05) is 12.4 Å². The van der Waals surface area contributed by atoms with Gasteiger partial charge in [-0.2, -0.15) is 0 Å². The molecule has 0 bridgehead atoms. The average molecular weight is 202 g/mol. The predicted octanol–water partition coefficient (Wildman–Crippen LogP) is -1.85. The summed E-state index contributed by atoms with van der Waals surface area (Å²) in [5.74, 6) is 0.218. The van der Waals surface area contributed by atoms with Gasteiger partial charge in [-0.15, -0.1) is 13.2 Å². The van der Waals surface area contributed by atoms with Crippen molar-refractivity contribution in [3.05, 3.63) is 25.3 Å². The monoisotopic (exact) mass is 202 g/mol. The van der Waals surface area contributed by atoms with Crippen LogP contribution in [0.5, 0.6) is 0 Å². The van der Waals surface area contributed by atoms with Gasteiger partial charge in [0, 0.05) is 11.2 Å². The maximum absolute atomic E-state index is 11.0. The van der Waals surface area contributed by atoms with Gasteiger partial charge in [-0.1, -0.05) is 12.2 Å². The van der Waals surface area contributed by atoms with Crippen LogP contribution in [0, 0.1) is 0 Å². The largest absolute Gasteiger partial charge is 1.00 e. The third-order valence-corrected chi connectivity index (χ3v) is 2.52. The van der Waals surface area contributed by atoms with Gasteiger partial charge in [-0.25, -0.2) is 4.21 Å². The van der Waals surface area contributed by atoms with E-state index in [2.05, 4.69) is 24.3 Å². The van der Waals surface area contributed by atoms with Crippen molar-refractivity contribution in [1.29, 1.82) is 0 Å². The molecule has 0 saturated carbocycles. The fourth-order valence-electron chi connectivity index (χ4n) is 0.344. The molecule has 1 unspecified atom stereocenters. The molecule has 2 nitrogen and oxygen atoms in total. The maximum atomic E-state index is 11.0. The van der Waals surface area contributed by atoms with E-state index in [9.17, 15) is 4.21 Å². The van der Waals surface area contributed by atoms with Crippen LogP contribution in [0.15, 0.2) is 25.3 Å². The Morgan fingerprint density at radius 2 is 2.09 bits per heavy atom. The number of rotatable bonds is 5. The molecular formula is C6H11NaO2S2. The Hall–Kier alpha value is 0.810. The first-order chi connectivity index (χ1) is 4.62. The van der Waals surface area contributed by atoms with E-state index in [1.807, 2.05) is 0 Å². The molecule has 11 heavy (non-hydrogen) atoms. The summed E-state index contributed by atoms with van der Waals surface area (Å²) in [5.41, 5.74) is 0. The third-order valence-electron chi connectivity index (χ3n) is 0.687. The minimum absolute atomic E-state index is 0. The topological polar surface area (TPSA) is 26.3 Å². The molecule has 0 amide bonds. The zero-order valence-corrected chi connectivity index (χ0v) is 10.2. The second-order valence-electron chi connectivity index (χ2n) is 1.59. The molecule has 0 spiro atoms. The molecule has 0 fully saturated rings. The van der Waals surface area contributed by atoms with Gasteiger partial charge in [-0.05, 0) is 0 Å². The molecule has 0 aliphatic rings. The molecule has 5 heteroatoms. The third kappa shape index (κ3) is 8.72. The quantitative estimate of drug-likeness (QED) is 0.387. The van der Waals surface area contributed by atoms with Crippen LogP contribution in [0.1, 0.15) is 1.43 Å². The molecule has 0 saturated heterocycles. The molecule has 0 aromatic heterocycles. The van der Waals surface area contributed by atoms with E-state index in [1.54, 1.807) is 0 Å². The summed E-state index contributed by atoms with van der Waals surface area (Å²) in [6.45, 7) is 7.04. The van der Waals surface area contributed by atoms with Crippen molar-refractivity contribution >= 4 is 20.0 Å². The standard InChI is InChI=1S/C6H10O2S2.Na.H/c1-3-5-8-10(7,9)6-4-2;;/h3-4H,1-2,5-6H2;;/q;+1;-1. The summed E-state index contributed by atoms with van der Waals surface area (Å²) in [7, 11) is -2.55. The SMILES string of the molecule is C=CCOS(=O)(=S)CC=C.[H-].[Na+]. The Kier molecular flexibility index (Phi) is 9.72. The van der Waals surface area contributed by atoms with Gasteiger partial charge in [0.25, 0.3) is 0 Å². The van der Waals surface area contributed by atoms with Crippen LogP contribution in [0.25, 0.3) is 0 Å². The van der Waals surface area contributed by atoms with E-state index in [0.29, 0.717) is 0 Å². The van der Waals surface area contributed by atoms with Crippen molar-refractivity contribution in [3.63, 3.8) is 0 Å². The molecule has 0 radical (unpaired) electrons. The Balaban J connectivity index is -0.000000405. The van der Waals surface area contributed by atoms with Gasteiger partial charge in [0.05, 0.1) is 12.4 Å². The molecule has 0 aliphatic heterocycles. The smallest absolute Gasteiger partial charge is 1.00 e. The van der Waals surface area contributed by atoms with E-state index < -0.39 is 8.77 Å². The molecule has 0 aromatic carbocycles. The van der Waals surface area contributed by atoms with Gasteiger partial charge in [0.15, 0.2) is 0 Å². The molecule has 0 heterocycles. The van der Waals surface area contributed by atoms with E-state index >= 15 is 0 Å². The van der Waals surface area contributed by atoms with Gasteiger partial charge < -0.3 is 1.43 Å². The first-order valence-electron chi connectivity index (χ1n) is 2.71. The van der Waals surface area contributed by atoms with Crippen LogP contribution < -0.4 is 29.6 Å². The van der Waals surface area contributed by atoms with Gasteiger partial charge in [-0.3, -0.25) is 4.18 Å². The first-order valence-corrected chi connectivity index (χ1v) is 5.29. The minimum Gasteiger partial charge on any atom is -1.00 e. The summed E-state index contributed by atoms with van der Waals surface area (Å²) in [4.78, 5) is 0. The summed E-state index contributed by atoms with van der Waals surface area (Å²) in [5, 5.41) is 0. The average Bonchev–Trinajstić information content (AvgIpc) is 1.84. The molecule has 60 valence electrons. The van der Waals surface area contributed by atoms with Crippen LogP contribution in [-0.2, 0) is 24.1 Å². The fraction of sp³-hybridized carbons (Fsp3) is 0.333. The van der Waals surface area contributed by atoms with Crippen LogP contribution >= 0.6 is 0 Å². The number of hydrogen-bond acceptors (Lipinski definition) is 3. The molecule has 0 aliphatic carbocycles. The molecular weight excluding hydrogens is 191 g/mol. The molecule has 0 rings (SSSR count). The van der Waals surface area contributed by atoms with Crippen molar-refractivity contribution in [1.82, 2.24) is 0 Å². The zero-order valence-electron chi connectivity index (χ0n) is 7.62. The Morgan fingerprint density at radius 1 is 1.55 bits per heavy atom. The summed E-state index contributed by atoms with van der Waals surface area (Å²) in [6.07, 6.45) is 2.99. The van der Waals surface area contributed by atoms with Gasteiger partial charge >= 0.3 is 29.6 Å². The van der Waals surface area contributed by atoms with Gasteiger partial charge in [0.1, 0.15) is 8.77 Å². The zero-order chi connectivity index (χ0) is 8.04. The summed E-state index contributed by atoms with van der Waals surface area (Å²) >= 11 is 4.59. The van der Waals surface area contributed by atoms with E-state index in [-0.39, 0.29) is 43.3 Å². The predicted molar refractivity (Wildman–Crippen MR) is 47.8 cm³/mol. The maximum Gasteiger partial charge on any atom is 1.00 e. The van der Waals surface area contributed by atoms with Crippen molar-refractivity contribution in [3.8, 4) is 0 Å². The summed E-state index contributed by atoms with van der Waals surface area (Å²) < 4.78 is 15.8. The van der Waals surface area contributed by atoms with Crippen LogP contribution in [0.2, 0.25) is 0 Å². The van der Waals surface area contributed by atoms with E-state index in [0.717, 1.165) is 0 Å². The van der Waals surface area contributed by atoms with Crippen LogP contribution in [-0.4, -0.2) is 16.6 Å². The molecule has 0 N–H and O–H groups in total. The van der Waals surface area contributed by atoms with E-state index in [1.165, 1.54) is 12.2 Å².